The summed E-state index contributed by atoms with van der Waals surface area (Å²) in [5.41, 5.74) is 4.71. The third kappa shape index (κ3) is 4.33. The number of amides is 1. The molecule has 0 spiro atoms. The second kappa shape index (κ2) is 9.47. The van der Waals surface area contributed by atoms with Crippen LogP contribution < -0.4 is 5.32 Å². The van der Waals surface area contributed by atoms with Crippen LogP contribution >= 0.6 is 0 Å². The van der Waals surface area contributed by atoms with Gasteiger partial charge in [-0.1, -0.05) is 12.1 Å². The lowest BCUT2D eigenvalue weighted by molar-refractivity contribution is 0.102. The van der Waals surface area contributed by atoms with Gasteiger partial charge in [-0.25, -0.2) is 27.4 Å². The van der Waals surface area contributed by atoms with Crippen LogP contribution in [0.4, 0.5) is 5.82 Å². The van der Waals surface area contributed by atoms with Gasteiger partial charge in [-0.05, 0) is 62.2 Å². The van der Waals surface area contributed by atoms with E-state index in [1.807, 2.05) is 39.0 Å². The van der Waals surface area contributed by atoms with Crippen molar-refractivity contribution in [3.05, 3.63) is 83.4 Å². The van der Waals surface area contributed by atoms with E-state index in [0.717, 1.165) is 21.1 Å². The highest BCUT2D eigenvalue weighted by molar-refractivity contribution is 7.89. The number of aryl methyl sites for hydroxylation is 2. The Morgan fingerprint density at radius 1 is 0.974 bits per heavy atom. The maximum Gasteiger partial charge on any atom is 0.256 e. The molecule has 3 heterocycles. The average Bonchev–Trinajstić information content (AvgIpc) is 3.48. The smallest absolute Gasteiger partial charge is 0.256 e. The van der Waals surface area contributed by atoms with Crippen molar-refractivity contribution in [2.45, 2.75) is 25.7 Å². The van der Waals surface area contributed by atoms with Crippen molar-refractivity contribution in [2.24, 2.45) is 0 Å². The first kappa shape index (κ1) is 25.2. The van der Waals surface area contributed by atoms with Gasteiger partial charge in [0.1, 0.15) is 12.1 Å². The predicted molar refractivity (Wildman–Crippen MR) is 143 cm³/mol. The van der Waals surface area contributed by atoms with Crippen LogP contribution in [0.1, 0.15) is 27.2 Å². The molecule has 1 N–H and O–H groups in total. The molecule has 5 aromatic rings. The number of hydrogen-bond acceptors (Lipinski definition) is 7. The Kier molecular flexibility index (Phi) is 6.29. The fourth-order valence-corrected chi connectivity index (χ4v) is 4.97. The van der Waals surface area contributed by atoms with Gasteiger partial charge in [-0.2, -0.15) is 14.9 Å². The van der Waals surface area contributed by atoms with Gasteiger partial charge in [-0.3, -0.25) is 4.79 Å². The Labute approximate surface area is 219 Å². The van der Waals surface area contributed by atoms with Crippen molar-refractivity contribution >= 4 is 32.8 Å². The molecule has 0 atom stereocenters. The molecule has 12 heteroatoms. The summed E-state index contributed by atoms with van der Waals surface area (Å²) in [5, 5.41) is 12.6. The molecule has 0 radical (unpaired) electrons. The highest BCUT2D eigenvalue weighted by Gasteiger charge is 2.20. The number of sulfonamides is 1. The van der Waals surface area contributed by atoms with E-state index in [0.29, 0.717) is 33.9 Å². The van der Waals surface area contributed by atoms with Crippen LogP contribution in [0.25, 0.3) is 22.5 Å². The van der Waals surface area contributed by atoms with E-state index >= 15 is 0 Å². The summed E-state index contributed by atoms with van der Waals surface area (Å²) in [6, 6.07) is 13.5. The molecule has 194 valence electrons. The molecule has 0 aliphatic rings. The number of nitrogens with zero attached hydrogens (tertiary/aromatic N) is 7. The van der Waals surface area contributed by atoms with Gasteiger partial charge in [0, 0.05) is 25.7 Å². The van der Waals surface area contributed by atoms with Gasteiger partial charge in [0.05, 0.1) is 27.9 Å². The summed E-state index contributed by atoms with van der Waals surface area (Å²) in [5.74, 6) is 0.440. The predicted octanol–water partition coefficient (Wildman–Crippen LogP) is 3.43. The molecule has 0 saturated heterocycles. The first-order valence-electron chi connectivity index (χ1n) is 11.7. The number of rotatable bonds is 6. The molecule has 38 heavy (non-hydrogen) atoms. The fraction of sp³-hybridized carbons (Fsp3) is 0.192. The second-order valence-corrected chi connectivity index (χ2v) is 11.2. The topological polar surface area (TPSA) is 128 Å². The molecule has 1 amide bonds. The maximum atomic E-state index is 13.1. The molecular formula is C26H26N8O3S. The lowest BCUT2D eigenvalue weighted by Crippen LogP contribution is -2.22. The van der Waals surface area contributed by atoms with Crippen LogP contribution in [0.15, 0.2) is 66.0 Å². The maximum absolute atomic E-state index is 13.1. The van der Waals surface area contributed by atoms with Gasteiger partial charge >= 0.3 is 0 Å². The van der Waals surface area contributed by atoms with E-state index in [2.05, 4.69) is 25.5 Å². The van der Waals surface area contributed by atoms with Crippen molar-refractivity contribution in [1.82, 2.24) is 33.8 Å². The van der Waals surface area contributed by atoms with Gasteiger partial charge in [0.15, 0.2) is 11.5 Å². The second-order valence-electron chi connectivity index (χ2n) is 9.06. The number of nitrogens with one attached hydrogen (secondary N) is 1. The molecule has 0 unspecified atom stereocenters. The number of fused-ring (bicyclic) bond motifs is 1. The van der Waals surface area contributed by atoms with Crippen LogP contribution in [0.5, 0.6) is 0 Å². The van der Waals surface area contributed by atoms with Crippen LogP contribution in [0, 0.1) is 20.8 Å². The summed E-state index contributed by atoms with van der Waals surface area (Å²) >= 11 is 0. The lowest BCUT2D eigenvalue weighted by atomic mass is 10.1. The minimum Gasteiger partial charge on any atom is -0.306 e. The highest BCUT2D eigenvalue weighted by Crippen LogP contribution is 2.26. The van der Waals surface area contributed by atoms with E-state index in [4.69, 9.17) is 0 Å². The number of benzene rings is 2. The average molecular weight is 531 g/mol. The first-order chi connectivity index (χ1) is 18.1. The summed E-state index contributed by atoms with van der Waals surface area (Å²) in [7, 11) is -0.689. The third-order valence-corrected chi connectivity index (χ3v) is 8.15. The van der Waals surface area contributed by atoms with E-state index < -0.39 is 15.9 Å². The standard InChI is InChI=1S/C26H26N8O3S/c1-16-7-6-8-22(18(16)3)33-24-21(14-29-33)25(28-15-27-24)34-23(13-17(2)31-34)30-26(35)19-9-11-20(12-10-19)38(36,37)32(4)5/h6-15H,1-5H3,(H,30,35). The fourth-order valence-electron chi connectivity index (χ4n) is 4.07. The monoisotopic (exact) mass is 530 g/mol. The van der Waals surface area contributed by atoms with Gasteiger partial charge < -0.3 is 5.32 Å². The molecule has 2 aromatic carbocycles. The number of hydrogen-bond donors (Lipinski definition) is 1. The van der Waals surface area contributed by atoms with E-state index in [9.17, 15) is 13.2 Å². The van der Waals surface area contributed by atoms with Crippen LogP contribution in [0.3, 0.4) is 0 Å². The van der Waals surface area contributed by atoms with E-state index in [1.54, 1.807) is 16.9 Å². The Morgan fingerprint density at radius 2 is 1.71 bits per heavy atom. The molecule has 0 saturated carbocycles. The SMILES string of the molecule is Cc1cc(NC(=O)c2ccc(S(=O)(=O)N(C)C)cc2)n(-c2ncnc3c2cnn3-c2cccc(C)c2C)n1. The third-order valence-electron chi connectivity index (χ3n) is 6.32. The number of anilines is 1. The lowest BCUT2D eigenvalue weighted by Gasteiger charge is -2.12. The zero-order valence-electron chi connectivity index (χ0n) is 21.5. The molecule has 5 rings (SSSR count). The quantitative estimate of drug-likeness (QED) is 0.356. The van der Waals surface area contributed by atoms with Crippen molar-refractivity contribution in [2.75, 3.05) is 19.4 Å². The number of carbonyl (C=O) groups excluding carboxylic acids is 1. The molecule has 0 bridgehead atoms. The molecule has 0 fully saturated rings. The largest absolute Gasteiger partial charge is 0.306 e. The summed E-state index contributed by atoms with van der Waals surface area (Å²) in [6.45, 7) is 5.89. The summed E-state index contributed by atoms with van der Waals surface area (Å²) < 4.78 is 29.1. The minimum atomic E-state index is -3.60. The van der Waals surface area contributed by atoms with E-state index in [-0.39, 0.29) is 4.90 Å². The minimum absolute atomic E-state index is 0.101. The highest BCUT2D eigenvalue weighted by atomic mass is 32.2. The Bertz CT molecular complexity index is 1790. The van der Waals surface area contributed by atoms with Gasteiger partial charge in [0.25, 0.3) is 5.91 Å². The number of carbonyl (C=O) groups is 1. The van der Waals surface area contributed by atoms with Crippen molar-refractivity contribution in [1.29, 1.82) is 0 Å². The van der Waals surface area contributed by atoms with Crippen molar-refractivity contribution < 1.29 is 13.2 Å². The Morgan fingerprint density at radius 3 is 2.42 bits per heavy atom. The van der Waals surface area contributed by atoms with Crippen LogP contribution in [-0.4, -0.2) is 62.3 Å². The first-order valence-corrected chi connectivity index (χ1v) is 13.2. The Hall–Kier alpha value is -4.42. The number of aromatic nitrogens is 6. The zero-order chi connectivity index (χ0) is 27.2. The summed E-state index contributed by atoms with van der Waals surface area (Å²) in [6.07, 6.45) is 3.12. The zero-order valence-corrected chi connectivity index (χ0v) is 22.4. The molecule has 0 aliphatic carbocycles. The van der Waals surface area contributed by atoms with Gasteiger partial charge in [0.2, 0.25) is 10.0 Å². The molecule has 11 nitrogen and oxygen atoms in total. The van der Waals surface area contributed by atoms with Crippen molar-refractivity contribution in [3.63, 3.8) is 0 Å². The Balaban J connectivity index is 1.50. The van der Waals surface area contributed by atoms with E-state index in [1.165, 1.54) is 49.4 Å². The van der Waals surface area contributed by atoms with Crippen LogP contribution in [-0.2, 0) is 10.0 Å². The molecular weight excluding hydrogens is 504 g/mol. The molecule has 3 aromatic heterocycles. The van der Waals surface area contributed by atoms with Crippen molar-refractivity contribution in [3.8, 4) is 11.5 Å². The molecule has 0 aliphatic heterocycles. The summed E-state index contributed by atoms with van der Waals surface area (Å²) in [4.78, 5) is 22.1. The normalized spacial score (nSPS) is 11.8. The van der Waals surface area contributed by atoms with Crippen LogP contribution in [0.2, 0.25) is 0 Å². The van der Waals surface area contributed by atoms with Gasteiger partial charge in [-0.15, -0.1) is 0 Å².